The Balaban J connectivity index is 2.15. The number of rotatable bonds is 2. The van der Waals surface area contributed by atoms with E-state index in [1.807, 2.05) is 0 Å². The molecule has 0 heterocycles. The molecule has 1 N–H and O–H groups in total. The lowest BCUT2D eigenvalue weighted by molar-refractivity contribution is 0.514. The highest BCUT2D eigenvalue weighted by Gasteiger charge is 2.23. The maximum absolute atomic E-state index is 9.30. The van der Waals surface area contributed by atoms with Crippen LogP contribution in [0.4, 0.5) is 5.69 Å². The fourth-order valence-corrected chi connectivity index (χ4v) is 2.73. The summed E-state index contributed by atoms with van der Waals surface area (Å²) in [5.74, 6) is 0.160. The highest BCUT2D eigenvalue weighted by atomic mass is 14.9. The molecule has 0 bridgehead atoms. The molecular weight excluding hydrogens is 220 g/mol. The predicted molar refractivity (Wildman–Crippen MR) is 75.5 cm³/mol. The number of nitrogens with one attached hydrogen (secondary N) is 1. The Bertz CT molecular complexity index is 445. The van der Waals surface area contributed by atoms with Crippen LogP contribution in [0.1, 0.15) is 43.2 Å². The molecule has 1 aromatic rings. The molecule has 18 heavy (non-hydrogen) atoms. The third-order valence-electron chi connectivity index (χ3n) is 3.92. The number of benzene rings is 1. The van der Waals surface area contributed by atoms with Crippen molar-refractivity contribution >= 4 is 5.69 Å². The van der Waals surface area contributed by atoms with Crippen LogP contribution in [-0.4, -0.2) is 6.04 Å². The van der Waals surface area contributed by atoms with Crippen LogP contribution in [0.15, 0.2) is 18.2 Å². The first-order valence-electron chi connectivity index (χ1n) is 6.94. The summed E-state index contributed by atoms with van der Waals surface area (Å²) >= 11 is 0. The minimum Gasteiger partial charge on any atom is -0.381 e. The van der Waals surface area contributed by atoms with E-state index in [1.54, 1.807) is 0 Å². The Morgan fingerprint density at radius 1 is 1.17 bits per heavy atom. The van der Waals surface area contributed by atoms with Crippen LogP contribution in [0.2, 0.25) is 0 Å². The second-order valence-corrected chi connectivity index (χ2v) is 5.44. The van der Waals surface area contributed by atoms with E-state index in [1.165, 1.54) is 36.1 Å². The van der Waals surface area contributed by atoms with Crippen LogP contribution >= 0.6 is 0 Å². The maximum Gasteiger partial charge on any atom is 0.0677 e. The van der Waals surface area contributed by atoms with Gasteiger partial charge in [0.1, 0.15) is 0 Å². The molecule has 96 valence electrons. The Labute approximate surface area is 110 Å². The Hall–Kier alpha value is -1.49. The van der Waals surface area contributed by atoms with Crippen LogP contribution in [0.5, 0.6) is 0 Å². The SMILES string of the molecule is Cc1ccc(C)c(NC2CCCCCC2C#N)c1. The second kappa shape index (κ2) is 5.91. The first kappa shape index (κ1) is 13.0. The average molecular weight is 242 g/mol. The quantitative estimate of drug-likeness (QED) is 0.789. The first-order valence-corrected chi connectivity index (χ1v) is 6.94. The smallest absolute Gasteiger partial charge is 0.0677 e. The van der Waals surface area contributed by atoms with E-state index >= 15 is 0 Å². The molecule has 1 saturated carbocycles. The molecule has 0 amide bonds. The zero-order chi connectivity index (χ0) is 13.0. The number of aryl methyl sites for hydroxylation is 2. The third kappa shape index (κ3) is 3.04. The van der Waals surface area contributed by atoms with Crippen molar-refractivity contribution in [1.29, 1.82) is 5.26 Å². The summed E-state index contributed by atoms with van der Waals surface area (Å²) in [4.78, 5) is 0. The number of hydrogen-bond donors (Lipinski definition) is 1. The molecule has 1 fully saturated rings. The van der Waals surface area contributed by atoms with Crippen molar-refractivity contribution in [3.05, 3.63) is 29.3 Å². The third-order valence-corrected chi connectivity index (χ3v) is 3.92. The second-order valence-electron chi connectivity index (χ2n) is 5.44. The van der Waals surface area contributed by atoms with Gasteiger partial charge in [0.05, 0.1) is 12.0 Å². The monoisotopic (exact) mass is 242 g/mol. The van der Waals surface area contributed by atoms with E-state index in [4.69, 9.17) is 0 Å². The molecule has 2 atom stereocenters. The molecule has 1 aliphatic rings. The number of nitrogens with zero attached hydrogens (tertiary/aromatic N) is 1. The summed E-state index contributed by atoms with van der Waals surface area (Å²) in [6, 6.07) is 9.28. The Morgan fingerprint density at radius 3 is 2.72 bits per heavy atom. The van der Waals surface area contributed by atoms with E-state index in [-0.39, 0.29) is 5.92 Å². The van der Waals surface area contributed by atoms with Gasteiger partial charge in [0.15, 0.2) is 0 Å². The van der Waals surface area contributed by atoms with Gasteiger partial charge in [-0.2, -0.15) is 5.26 Å². The van der Waals surface area contributed by atoms with E-state index in [0.717, 1.165) is 12.8 Å². The molecule has 2 rings (SSSR count). The van der Waals surface area contributed by atoms with Crippen molar-refractivity contribution in [3.63, 3.8) is 0 Å². The molecule has 2 heteroatoms. The van der Waals surface area contributed by atoms with Crippen LogP contribution in [0.3, 0.4) is 0 Å². The zero-order valence-corrected chi connectivity index (χ0v) is 11.4. The van der Waals surface area contributed by atoms with Gasteiger partial charge in [-0.05, 0) is 43.9 Å². The summed E-state index contributed by atoms with van der Waals surface area (Å²) in [6.07, 6.45) is 5.86. The largest absolute Gasteiger partial charge is 0.381 e. The molecule has 0 saturated heterocycles. The number of nitriles is 1. The molecule has 2 unspecified atom stereocenters. The van der Waals surface area contributed by atoms with Crippen molar-refractivity contribution in [2.75, 3.05) is 5.32 Å². The van der Waals surface area contributed by atoms with E-state index in [0.29, 0.717) is 6.04 Å². The van der Waals surface area contributed by atoms with Gasteiger partial charge in [-0.15, -0.1) is 0 Å². The van der Waals surface area contributed by atoms with Gasteiger partial charge in [0, 0.05) is 11.7 Å². The molecular formula is C16H22N2. The molecule has 0 aliphatic heterocycles. The van der Waals surface area contributed by atoms with Crippen molar-refractivity contribution in [3.8, 4) is 6.07 Å². The Morgan fingerprint density at radius 2 is 1.94 bits per heavy atom. The summed E-state index contributed by atoms with van der Waals surface area (Å²) in [5, 5.41) is 12.9. The summed E-state index contributed by atoms with van der Waals surface area (Å²) in [6.45, 7) is 4.24. The highest BCUT2D eigenvalue weighted by Crippen LogP contribution is 2.27. The van der Waals surface area contributed by atoms with Crippen molar-refractivity contribution in [2.45, 2.75) is 52.0 Å². The molecule has 2 nitrogen and oxygen atoms in total. The fraction of sp³-hybridized carbons (Fsp3) is 0.562. The van der Waals surface area contributed by atoms with Crippen LogP contribution in [-0.2, 0) is 0 Å². The van der Waals surface area contributed by atoms with Gasteiger partial charge in [0.25, 0.3) is 0 Å². The normalized spacial score (nSPS) is 24.1. The van der Waals surface area contributed by atoms with Crippen molar-refractivity contribution in [1.82, 2.24) is 0 Å². The topological polar surface area (TPSA) is 35.8 Å². The van der Waals surface area contributed by atoms with Gasteiger partial charge in [-0.3, -0.25) is 0 Å². The molecule has 1 aliphatic carbocycles. The number of anilines is 1. The van der Waals surface area contributed by atoms with Crippen LogP contribution in [0, 0.1) is 31.1 Å². The fourth-order valence-electron chi connectivity index (χ4n) is 2.73. The van der Waals surface area contributed by atoms with Gasteiger partial charge in [-0.1, -0.05) is 31.4 Å². The van der Waals surface area contributed by atoms with E-state index < -0.39 is 0 Å². The predicted octanol–water partition coefficient (Wildman–Crippen LogP) is 4.19. The summed E-state index contributed by atoms with van der Waals surface area (Å²) in [5.41, 5.74) is 3.73. The zero-order valence-electron chi connectivity index (χ0n) is 11.4. The molecule has 0 spiro atoms. The summed E-state index contributed by atoms with van der Waals surface area (Å²) in [7, 11) is 0. The minimum absolute atomic E-state index is 0.160. The van der Waals surface area contributed by atoms with Gasteiger partial charge in [-0.25, -0.2) is 0 Å². The van der Waals surface area contributed by atoms with Crippen LogP contribution < -0.4 is 5.32 Å². The molecule has 0 radical (unpaired) electrons. The van der Waals surface area contributed by atoms with E-state index in [9.17, 15) is 5.26 Å². The van der Waals surface area contributed by atoms with E-state index in [2.05, 4.69) is 43.4 Å². The number of hydrogen-bond acceptors (Lipinski definition) is 2. The van der Waals surface area contributed by atoms with Gasteiger partial charge >= 0.3 is 0 Å². The average Bonchev–Trinajstić information content (AvgIpc) is 2.59. The van der Waals surface area contributed by atoms with Crippen LogP contribution in [0.25, 0.3) is 0 Å². The Kier molecular flexibility index (Phi) is 4.25. The van der Waals surface area contributed by atoms with Gasteiger partial charge in [0.2, 0.25) is 0 Å². The standard InChI is InChI=1S/C16H22N2/c1-12-8-9-13(2)16(10-12)18-15-7-5-3-4-6-14(15)11-17/h8-10,14-15,18H,3-7H2,1-2H3. The summed E-state index contributed by atoms with van der Waals surface area (Å²) < 4.78 is 0. The van der Waals surface area contributed by atoms with Gasteiger partial charge < -0.3 is 5.32 Å². The minimum atomic E-state index is 0.160. The highest BCUT2D eigenvalue weighted by molar-refractivity contribution is 5.53. The first-order chi connectivity index (χ1) is 8.70. The lowest BCUT2D eigenvalue weighted by atomic mass is 9.95. The lowest BCUT2D eigenvalue weighted by Gasteiger charge is -2.23. The lowest BCUT2D eigenvalue weighted by Crippen LogP contribution is -2.27. The molecule has 0 aromatic heterocycles. The van der Waals surface area contributed by atoms with Crippen molar-refractivity contribution < 1.29 is 0 Å². The van der Waals surface area contributed by atoms with Crippen molar-refractivity contribution in [2.24, 2.45) is 5.92 Å². The maximum atomic E-state index is 9.30. The molecule has 1 aromatic carbocycles.